The van der Waals surface area contributed by atoms with Gasteiger partial charge in [-0.15, -0.1) is 0 Å². The van der Waals surface area contributed by atoms with Crippen LogP contribution >= 0.6 is 0 Å². The van der Waals surface area contributed by atoms with Crippen LogP contribution < -0.4 is 5.56 Å². The fourth-order valence-corrected chi connectivity index (χ4v) is 1.68. The summed E-state index contributed by atoms with van der Waals surface area (Å²) in [5, 5.41) is 8.87. The summed E-state index contributed by atoms with van der Waals surface area (Å²) in [4.78, 5) is 35.7. The standard InChI is InChI=1S/C13H18N2O4/c1-4-9(2)15(8-12(17)18)13(19)10-5-6-11(16)14(3)7-10/h5-7,9H,4,8H2,1-3H3,(H,17,18). The lowest BCUT2D eigenvalue weighted by molar-refractivity contribution is -0.138. The van der Waals surface area contributed by atoms with E-state index in [4.69, 9.17) is 5.11 Å². The molecule has 0 saturated carbocycles. The summed E-state index contributed by atoms with van der Waals surface area (Å²) >= 11 is 0. The van der Waals surface area contributed by atoms with E-state index in [1.807, 2.05) is 6.92 Å². The Kier molecular flexibility index (Phi) is 4.86. The highest BCUT2D eigenvalue weighted by molar-refractivity contribution is 5.95. The molecule has 1 N–H and O–H groups in total. The third-order valence-electron chi connectivity index (χ3n) is 3.02. The van der Waals surface area contributed by atoms with Crippen LogP contribution in [-0.4, -0.2) is 39.0 Å². The Bertz CT molecular complexity index is 536. The molecule has 0 saturated heterocycles. The molecular weight excluding hydrogens is 248 g/mol. The number of rotatable bonds is 5. The molecule has 0 radical (unpaired) electrons. The van der Waals surface area contributed by atoms with Crippen molar-refractivity contribution in [2.45, 2.75) is 26.3 Å². The molecule has 1 amide bonds. The summed E-state index contributed by atoms with van der Waals surface area (Å²) in [7, 11) is 1.55. The Morgan fingerprint density at radius 2 is 2.05 bits per heavy atom. The van der Waals surface area contributed by atoms with Crippen LogP contribution in [0.25, 0.3) is 0 Å². The molecule has 0 aliphatic rings. The van der Waals surface area contributed by atoms with E-state index in [-0.39, 0.29) is 24.1 Å². The number of hydrogen-bond donors (Lipinski definition) is 1. The molecule has 6 heteroatoms. The van der Waals surface area contributed by atoms with E-state index in [1.54, 1.807) is 14.0 Å². The lowest BCUT2D eigenvalue weighted by Gasteiger charge is -2.27. The van der Waals surface area contributed by atoms with Gasteiger partial charge in [0.15, 0.2) is 0 Å². The molecular formula is C13H18N2O4. The topological polar surface area (TPSA) is 79.6 Å². The van der Waals surface area contributed by atoms with Gasteiger partial charge in [0, 0.05) is 25.4 Å². The lowest BCUT2D eigenvalue weighted by Crippen LogP contribution is -2.42. The Hall–Kier alpha value is -2.11. The van der Waals surface area contributed by atoms with Crippen molar-refractivity contribution < 1.29 is 14.7 Å². The highest BCUT2D eigenvalue weighted by Crippen LogP contribution is 2.09. The molecule has 0 spiro atoms. The highest BCUT2D eigenvalue weighted by Gasteiger charge is 2.23. The molecule has 6 nitrogen and oxygen atoms in total. The Morgan fingerprint density at radius 3 is 2.53 bits per heavy atom. The van der Waals surface area contributed by atoms with Gasteiger partial charge in [0.2, 0.25) is 5.56 Å². The molecule has 0 aliphatic heterocycles. The minimum Gasteiger partial charge on any atom is -0.480 e. The molecule has 1 heterocycles. The van der Waals surface area contributed by atoms with Gasteiger partial charge in [0.05, 0.1) is 5.56 Å². The number of aryl methyl sites for hydroxylation is 1. The monoisotopic (exact) mass is 266 g/mol. The van der Waals surface area contributed by atoms with Crippen molar-refractivity contribution in [3.05, 3.63) is 34.2 Å². The van der Waals surface area contributed by atoms with Gasteiger partial charge in [-0.2, -0.15) is 0 Å². The number of carboxylic acid groups (broad SMARTS) is 1. The third-order valence-corrected chi connectivity index (χ3v) is 3.02. The van der Waals surface area contributed by atoms with Crippen LogP contribution in [-0.2, 0) is 11.8 Å². The van der Waals surface area contributed by atoms with Gasteiger partial charge in [-0.25, -0.2) is 0 Å². The van der Waals surface area contributed by atoms with E-state index in [1.165, 1.54) is 27.8 Å². The Balaban J connectivity index is 3.07. The fourth-order valence-electron chi connectivity index (χ4n) is 1.68. The van der Waals surface area contributed by atoms with Crippen molar-refractivity contribution in [2.75, 3.05) is 6.54 Å². The quantitative estimate of drug-likeness (QED) is 0.851. The first-order valence-corrected chi connectivity index (χ1v) is 6.06. The van der Waals surface area contributed by atoms with Crippen molar-refractivity contribution in [1.29, 1.82) is 0 Å². The number of hydrogen-bond acceptors (Lipinski definition) is 3. The minimum absolute atomic E-state index is 0.180. The van der Waals surface area contributed by atoms with E-state index >= 15 is 0 Å². The van der Waals surface area contributed by atoms with Gasteiger partial charge >= 0.3 is 5.97 Å². The number of nitrogens with zero attached hydrogens (tertiary/aromatic N) is 2. The molecule has 1 atom stereocenters. The molecule has 1 unspecified atom stereocenters. The first kappa shape index (κ1) is 14.9. The first-order chi connectivity index (χ1) is 8.86. The third kappa shape index (κ3) is 3.67. The van der Waals surface area contributed by atoms with Crippen LogP contribution in [0.1, 0.15) is 30.6 Å². The van der Waals surface area contributed by atoms with E-state index in [2.05, 4.69) is 0 Å². The van der Waals surface area contributed by atoms with Gasteiger partial charge in [0.25, 0.3) is 5.91 Å². The number of amides is 1. The maximum Gasteiger partial charge on any atom is 0.323 e. The van der Waals surface area contributed by atoms with Crippen molar-refractivity contribution in [1.82, 2.24) is 9.47 Å². The zero-order valence-electron chi connectivity index (χ0n) is 11.3. The Morgan fingerprint density at radius 1 is 1.42 bits per heavy atom. The highest BCUT2D eigenvalue weighted by atomic mass is 16.4. The smallest absolute Gasteiger partial charge is 0.323 e. The molecule has 0 aromatic carbocycles. The fraction of sp³-hybridized carbons (Fsp3) is 0.462. The van der Waals surface area contributed by atoms with Gasteiger partial charge in [-0.3, -0.25) is 14.4 Å². The van der Waals surface area contributed by atoms with Crippen LogP contribution in [0.15, 0.2) is 23.1 Å². The van der Waals surface area contributed by atoms with Gasteiger partial charge in [0.1, 0.15) is 6.54 Å². The average molecular weight is 266 g/mol. The zero-order chi connectivity index (χ0) is 14.6. The van der Waals surface area contributed by atoms with E-state index in [9.17, 15) is 14.4 Å². The number of pyridine rings is 1. The zero-order valence-corrected chi connectivity index (χ0v) is 11.3. The first-order valence-electron chi connectivity index (χ1n) is 6.06. The Labute approximate surface area is 111 Å². The second-order valence-corrected chi connectivity index (χ2v) is 4.45. The van der Waals surface area contributed by atoms with E-state index in [0.717, 1.165) is 0 Å². The largest absolute Gasteiger partial charge is 0.480 e. The van der Waals surface area contributed by atoms with Crippen molar-refractivity contribution in [3.8, 4) is 0 Å². The average Bonchev–Trinajstić information content (AvgIpc) is 2.37. The van der Waals surface area contributed by atoms with Crippen LogP contribution in [0.4, 0.5) is 0 Å². The number of aliphatic carboxylic acids is 1. The summed E-state index contributed by atoms with van der Waals surface area (Å²) in [6.07, 6.45) is 2.08. The van der Waals surface area contributed by atoms with Crippen LogP contribution in [0.5, 0.6) is 0 Å². The SMILES string of the molecule is CCC(C)N(CC(=O)O)C(=O)c1ccc(=O)n(C)c1. The molecule has 104 valence electrons. The number of carbonyl (C=O) groups excluding carboxylic acids is 1. The van der Waals surface area contributed by atoms with Crippen LogP contribution in [0.3, 0.4) is 0 Å². The number of carbonyl (C=O) groups is 2. The van der Waals surface area contributed by atoms with Gasteiger partial charge in [-0.1, -0.05) is 6.92 Å². The molecule has 1 aromatic rings. The minimum atomic E-state index is -1.06. The maximum absolute atomic E-state index is 12.3. The van der Waals surface area contributed by atoms with E-state index < -0.39 is 5.97 Å². The summed E-state index contributed by atoms with van der Waals surface area (Å²) in [6, 6.07) is 2.53. The van der Waals surface area contributed by atoms with Crippen LogP contribution in [0.2, 0.25) is 0 Å². The summed E-state index contributed by atoms with van der Waals surface area (Å²) in [5.74, 6) is -1.44. The van der Waals surface area contributed by atoms with Gasteiger partial charge < -0.3 is 14.6 Å². The molecule has 0 fully saturated rings. The van der Waals surface area contributed by atoms with Crippen molar-refractivity contribution >= 4 is 11.9 Å². The summed E-state index contributed by atoms with van der Waals surface area (Å²) < 4.78 is 1.29. The molecule has 1 rings (SSSR count). The maximum atomic E-state index is 12.3. The molecule has 1 aromatic heterocycles. The second-order valence-electron chi connectivity index (χ2n) is 4.45. The van der Waals surface area contributed by atoms with E-state index in [0.29, 0.717) is 12.0 Å². The lowest BCUT2D eigenvalue weighted by atomic mass is 10.1. The van der Waals surface area contributed by atoms with Crippen molar-refractivity contribution in [2.24, 2.45) is 7.05 Å². The van der Waals surface area contributed by atoms with Crippen molar-refractivity contribution in [3.63, 3.8) is 0 Å². The predicted octanol–water partition coefficient (Wildman–Crippen LogP) is 0.711. The molecule has 0 aliphatic carbocycles. The predicted molar refractivity (Wildman–Crippen MR) is 70.1 cm³/mol. The van der Waals surface area contributed by atoms with Gasteiger partial charge in [-0.05, 0) is 19.4 Å². The number of aromatic nitrogens is 1. The number of carboxylic acids is 1. The second kappa shape index (κ2) is 6.17. The van der Waals surface area contributed by atoms with Crippen LogP contribution in [0, 0.1) is 0 Å². The summed E-state index contributed by atoms with van der Waals surface area (Å²) in [5.41, 5.74) is 0.0912. The molecule has 0 bridgehead atoms. The molecule has 19 heavy (non-hydrogen) atoms. The normalized spacial score (nSPS) is 11.9. The summed E-state index contributed by atoms with van der Waals surface area (Å²) in [6.45, 7) is 3.33.